The fraction of sp³-hybridized carbons (Fsp3) is 0.429. The molecule has 0 aromatic heterocycles. The number of carbonyl (C=O) groups is 2. The van der Waals surface area contributed by atoms with E-state index in [1.54, 1.807) is 11.0 Å². The number of methoxy groups -OCH3 is 1. The predicted molar refractivity (Wildman–Crippen MR) is 78.9 cm³/mol. The Kier molecular flexibility index (Phi) is 4.59. The van der Waals surface area contributed by atoms with Crippen molar-refractivity contribution in [1.29, 1.82) is 0 Å². The Morgan fingerprint density at radius 1 is 1.23 bits per heavy atom. The van der Waals surface area contributed by atoms with Gasteiger partial charge in [-0.2, -0.15) is 0 Å². The number of non-ortho nitro benzene ring substituents is 1. The molecule has 1 fully saturated rings. The van der Waals surface area contributed by atoms with Crippen molar-refractivity contribution in [3.8, 4) is 0 Å². The number of nitro benzene ring substituents is 1. The van der Waals surface area contributed by atoms with E-state index in [4.69, 9.17) is 4.74 Å². The van der Waals surface area contributed by atoms with Crippen LogP contribution in [0.15, 0.2) is 18.2 Å². The monoisotopic (exact) mass is 307 g/mol. The highest BCUT2D eigenvalue weighted by Crippen LogP contribution is 2.27. The van der Waals surface area contributed by atoms with Gasteiger partial charge < -0.3 is 14.5 Å². The molecule has 0 N–H and O–H groups in total. The summed E-state index contributed by atoms with van der Waals surface area (Å²) in [7, 11) is 1.23. The summed E-state index contributed by atoms with van der Waals surface area (Å²) in [5.74, 6) is -0.607. The number of hydrogen-bond acceptors (Lipinski definition) is 6. The van der Waals surface area contributed by atoms with Crippen LogP contribution in [-0.4, -0.2) is 55.0 Å². The third-order valence-corrected chi connectivity index (χ3v) is 3.66. The summed E-state index contributed by atoms with van der Waals surface area (Å²) in [6, 6.07) is 4.13. The Morgan fingerprint density at radius 3 is 2.36 bits per heavy atom. The second-order valence-electron chi connectivity index (χ2n) is 4.94. The second-order valence-corrected chi connectivity index (χ2v) is 4.94. The van der Waals surface area contributed by atoms with Gasteiger partial charge in [0.05, 0.1) is 23.3 Å². The van der Waals surface area contributed by atoms with Crippen LogP contribution in [0.4, 0.5) is 11.4 Å². The molecule has 2 rings (SSSR count). The van der Waals surface area contributed by atoms with Crippen molar-refractivity contribution in [3.05, 3.63) is 33.9 Å². The van der Waals surface area contributed by atoms with Crippen molar-refractivity contribution in [1.82, 2.24) is 4.90 Å². The molecule has 8 nitrogen and oxygen atoms in total. The molecular formula is C14H17N3O5. The zero-order valence-electron chi connectivity index (χ0n) is 12.4. The lowest BCUT2D eigenvalue weighted by atomic mass is 10.1. The molecule has 0 radical (unpaired) electrons. The molecule has 0 aliphatic carbocycles. The minimum Gasteiger partial charge on any atom is -0.465 e. The van der Waals surface area contributed by atoms with Gasteiger partial charge in [0.2, 0.25) is 5.91 Å². The molecule has 1 amide bonds. The molecule has 1 aromatic carbocycles. The smallest absolute Gasteiger partial charge is 0.340 e. The van der Waals surface area contributed by atoms with Gasteiger partial charge in [-0.1, -0.05) is 0 Å². The normalized spacial score (nSPS) is 14.6. The average Bonchev–Trinajstić information content (AvgIpc) is 2.53. The van der Waals surface area contributed by atoms with Crippen molar-refractivity contribution < 1.29 is 19.2 Å². The quantitative estimate of drug-likeness (QED) is 0.471. The number of carbonyl (C=O) groups excluding carboxylic acids is 2. The van der Waals surface area contributed by atoms with Crippen LogP contribution < -0.4 is 4.90 Å². The number of ether oxygens (including phenoxy) is 1. The van der Waals surface area contributed by atoms with E-state index in [9.17, 15) is 19.7 Å². The van der Waals surface area contributed by atoms with Gasteiger partial charge in [-0.3, -0.25) is 14.9 Å². The van der Waals surface area contributed by atoms with Gasteiger partial charge in [0.15, 0.2) is 0 Å². The Hall–Kier alpha value is -2.64. The van der Waals surface area contributed by atoms with E-state index in [1.165, 1.54) is 26.2 Å². The minimum absolute atomic E-state index is 0.0107. The second kappa shape index (κ2) is 6.42. The Bertz CT molecular complexity index is 608. The molecule has 8 heteroatoms. The first-order chi connectivity index (χ1) is 10.4. The van der Waals surface area contributed by atoms with Gasteiger partial charge in [0.1, 0.15) is 0 Å². The standard InChI is InChI=1S/C14H17N3O5/c1-10(18)15-5-7-16(8-6-15)13-4-3-11(17(20)21)9-12(13)14(19)22-2/h3-4,9H,5-8H2,1-2H3. The van der Waals surface area contributed by atoms with Crippen molar-refractivity contribution in [2.75, 3.05) is 38.2 Å². The van der Waals surface area contributed by atoms with Crippen LogP contribution in [0.1, 0.15) is 17.3 Å². The molecule has 1 aromatic rings. The van der Waals surface area contributed by atoms with Crippen LogP contribution in [-0.2, 0) is 9.53 Å². The number of nitro groups is 1. The van der Waals surface area contributed by atoms with E-state index in [0.717, 1.165) is 0 Å². The lowest BCUT2D eigenvalue weighted by molar-refractivity contribution is -0.384. The fourth-order valence-corrected chi connectivity index (χ4v) is 2.45. The van der Waals surface area contributed by atoms with E-state index in [2.05, 4.69) is 0 Å². The Labute approximate surface area is 127 Å². The summed E-state index contributed by atoms with van der Waals surface area (Å²) in [5, 5.41) is 10.9. The number of benzene rings is 1. The summed E-state index contributed by atoms with van der Waals surface area (Å²) in [5.41, 5.74) is 0.583. The summed E-state index contributed by atoms with van der Waals surface area (Å²) < 4.78 is 4.71. The highest BCUT2D eigenvalue weighted by Gasteiger charge is 2.24. The summed E-state index contributed by atoms with van der Waals surface area (Å²) >= 11 is 0. The largest absolute Gasteiger partial charge is 0.465 e. The topological polar surface area (TPSA) is 93.0 Å². The first-order valence-corrected chi connectivity index (χ1v) is 6.81. The maximum Gasteiger partial charge on any atom is 0.340 e. The van der Waals surface area contributed by atoms with Gasteiger partial charge in [0.25, 0.3) is 5.69 Å². The van der Waals surface area contributed by atoms with Crippen LogP contribution in [0.5, 0.6) is 0 Å². The number of anilines is 1. The lowest BCUT2D eigenvalue weighted by Crippen LogP contribution is -2.48. The molecule has 22 heavy (non-hydrogen) atoms. The molecular weight excluding hydrogens is 290 g/mol. The number of hydrogen-bond donors (Lipinski definition) is 0. The molecule has 0 spiro atoms. The number of rotatable bonds is 3. The van der Waals surface area contributed by atoms with Crippen molar-refractivity contribution >= 4 is 23.3 Å². The molecule has 1 aliphatic rings. The van der Waals surface area contributed by atoms with Gasteiger partial charge >= 0.3 is 5.97 Å². The third kappa shape index (κ3) is 3.16. The van der Waals surface area contributed by atoms with Crippen molar-refractivity contribution in [2.45, 2.75) is 6.92 Å². The first kappa shape index (κ1) is 15.7. The molecule has 118 valence electrons. The zero-order valence-corrected chi connectivity index (χ0v) is 12.4. The van der Waals surface area contributed by atoms with Gasteiger partial charge in [-0.05, 0) is 6.07 Å². The molecule has 0 bridgehead atoms. The van der Waals surface area contributed by atoms with Crippen LogP contribution in [0.3, 0.4) is 0 Å². The fourth-order valence-electron chi connectivity index (χ4n) is 2.45. The van der Waals surface area contributed by atoms with Gasteiger partial charge in [-0.25, -0.2) is 4.79 Å². The van der Waals surface area contributed by atoms with Crippen molar-refractivity contribution in [3.63, 3.8) is 0 Å². The first-order valence-electron chi connectivity index (χ1n) is 6.81. The minimum atomic E-state index is -0.618. The third-order valence-electron chi connectivity index (χ3n) is 3.66. The van der Waals surface area contributed by atoms with E-state index in [1.807, 2.05) is 4.90 Å². The molecule has 0 saturated carbocycles. The van der Waals surface area contributed by atoms with Crippen LogP contribution in [0.2, 0.25) is 0 Å². The van der Waals surface area contributed by atoms with Crippen LogP contribution in [0, 0.1) is 10.1 Å². The van der Waals surface area contributed by atoms with Crippen molar-refractivity contribution in [2.24, 2.45) is 0 Å². The van der Waals surface area contributed by atoms with E-state index in [0.29, 0.717) is 31.9 Å². The highest BCUT2D eigenvalue weighted by molar-refractivity contribution is 5.96. The van der Waals surface area contributed by atoms with Crippen LogP contribution >= 0.6 is 0 Å². The summed E-state index contributed by atoms with van der Waals surface area (Å²) in [6.45, 7) is 3.73. The average molecular weight is 307 g/mol. The Balaban J connectivity index is 2.29. The van der Waals surface area contributed by atoms with Gasteiger partial charge in [-0.15, -0.1) is 0 Å². The number of amides is 1. The highest BCUT2D eigenvalue weighted by atomic mass is 16.6. The molecule has 1 saturated heterocycles. The van der Waals surface area contributed by atoms with E-state index < -0.39 is 10.9 Å². The number of nitrogens with zero attached hydrogens (tertiary/aromatic N) is 3. The molecule has 0 unspecified atom stereocenters. The number of piperazine rings is 1. The van der Waals surface area contributed by atoms with E-state index in [-0.39, 0.29) is 17.2 Å². The maximum atomic E-state index is 11.9. The number of esters is 1. The van der Waals surface area contributed by atoms with Crippen LogP contribution in [0.25, 0.3) is 0 Å². The zero-order chi connectivity index (χ0) is 16.3. The summed E-state index contributed by atoms with van der Waals surface area (Å²) in [6.07, 6.45) is 0. The molecule has 0 atom stereocenters. The Morgan fingerprint density at radius 2 is 1.86 bits per heavy atom. The lowest BCUT2D eigenvalue weighted by Gasteiger charge is -2.36. The maximum absolute atomic E-state index is 11.9. The summed E-state index contributed by atoms with van der Waals surface area (Å²) in [4.78, 5) is 37.2. The van der Waals surface area contributed by atoms with Gasteiger partial charge in [0, 0.05) is 45.2 Å². The van der Waals surface area contributed by atoms with E-state index >= 15 is 0 Å². The molecule has 1 aliphatic heterocycles. The SMILES string of the molecule is COC(=O)c1cc([N+](=O)[O-])ccc1N1CCN(C(C)=O)CC1. The molecule has 1 heterocycles. The predicted octanol–water partition coefficient (Wildman–Crippen LogP) is 1.05.